The van der Waals surface area contributed by atoms with Crippen molar-refractivity contribution in [1.82, 2.24) is 0 Å². The predicted octanol–water partition coefficient (Wildman–Crippen LogP) is 2.31. The Morgan fingerprint density at radius 3 is 2.65 bits per heavy atom. The number of nitrogen functional groups attached to an aromatic ring is 1. The third kappa shape index (κ3) is 2.81. The van der Waals surface area contributed by atoms with Gasteiger partial charge in [-0.2, -0.15) is 5.26 Å². The molecule has 0 saturated heterocycles. The maximum absolute atomic E-state index is 11.3. The van der Waals surface area contributed by atoms with Crippen LogP contribution in [0.4, 0.5) is 5.88 Å². The second-order valence-corrected chi connectivity index (χ2v) is 4.30. The number of hydrogen-bond acceptors (Lipinski definition) is 5. The van der Waals surface area contributed by atoms with Gasteiger partial charge in [-0.3, -0.25) is 0 Å². The van der Waals surface area contributed by atoms with Gasteiger partial charge in [-0.1, -0.05) is 12.1 Å². The van der Waals surface area contributed by atoms with Crippen molar-refractivity contribution >= 4 is 11.9 Å². The van der Waals surface area contributed by atoms with Gasteiger partial charge in [-0.15, -0.1) is 0 Å². The minimum Gasteiger partial charge on any atom is -0.465 e. The van der Waals surface area contributed by atoms with Crippen LogP contribution in [0.25, 0.3) is 0 Å². The number of furan rings is 1. The Labute approximate surface area is 116 Å². The lowest BCUT2D eigenvalue weighted by molar-refractivity contribution is 0.0600. The summed E-state index contributed by atoms with van der Waals surface area (Å²) < 4.78 is 9.67. The normalized spacial score (nSPS) is 10.0. The van der Waals surface area contributed by atoms with Crippen molar-refractivity contribution < 1.29 is 13.9 Å². The van der Waals surface area contributed by atoms with Crippen molar-refractivity contribution in [2.75, 3.05) is 12.8 Å². The Bertz CT molecular complexity index is 651. The van der Waals surface area contributed by atoms with Crippen LogP contribution in [0.3, 0.4) is 0 Å². The molecule has 0 fully saturated rings. The molecule has 0 spiro atoms. The zero-order valence-electron chi connectivity index (χ0n) is 11.1. The monoisotopic (exact) mass is 270 g/mol. The number of rotatable bonds is 4. The average molecular weight is 270 g/mol. The van der Waals surface area contributed by atoms with Gasteiger partial charge in [-0.05, 0) is 30.5 Å². The summed E-state index contributed by atoms with van der Waals surface area (Å²) in [5, 5.41) is 8.97. The van der Waals surface area contributed by atoms with Crippen LogP contribution in [0, 0.1) is 11.3 Å². The van der Waals surface area contributed by atoms with Gasteiger partial charge in [0.1, 0.15) is 11.6 Å². The summed E-state index contributed by atoms with van der Waals surface area (Å²) in [6.07, 6.45) is 2.90. The Kier molecular flexibility index (Phi) is 4.06. The van der Waals surface area contributed by atoms with Crippen LogP contribution in [-0.2, 0) is 17.6 Å². The lowest BCUT2D eigenvalue weighted by Crippen LogP contribution is -2.01. The molecule has 102 valence electrons. The van der Waals surface area contributed by atoms with E-state index in [2.05, 4.69) is 4.74 Å². The van der Waals surface area contributed by atoms with Crippen molar-refractivity contribution in [2.24, 2.45) is 0 Å². The predicted molar refractivity (Wildman–Crippen MR) is 73.0 cm³/mol. The molecule has 0 amide bonds. The fraction of sp³-hybridized carbons (Fsp3) is 0.200. The summed E-state index contributed by atoms with van der Waals surface area (Å²) in [6.45, 7) is 0. The fourth-order valence-electron chi connectivity index (χ4n) is 1.93. The Balaban J connectivity index is 2.04. The molecule has 0 aliphatic heterocycles. The molecule has 0 saturated carbocycles. The van der Waals surface area contributed by atoms with E-state index in [0.717, 1.165) is 17.5 Å². The van der Waals surface area contributed by atoms with Crippen LogP contribution in [0.15, 0.2) is 34.9 Å². The lowest BCUT2D eigenvalue weighted by atomic mass is 10.0. The second kappa shape index (κ2) is 5.93. The maximum Gasteiger partial charge on any atom is 0.337 e. The largest absolute Gasteiger partial charge is 0.465 e. The van der Waals surface area contributed by atoms with E-state index in [9.17, 15) is 4.79 Å². The van der Waals surface area contributed by atoms with Gasteiger partial charge in [0.15, 0.2) is 0 Å². The minimum atomic E-state index is -0.356. The van der Waals surface area contributed by atoms with E-state index in [1.165, 1.54) is 13.4 Å². The van der Waals surface area contributed by atoms with Crippen LogP contribution in [-0.4, -0.2) is 13.1 Å². The molecule has 2 N–H and O–H groups in total. The topological polar surface area (TPSA) is 89.2 Å². The highest BCUT2D eigenvalue weighted by Gasteiger charge is 2.11. The first-order valence-corrected chi connectivity index (χ1v) is 6.09. The third-order valence-corrected chi connectivity index (χ3v) is 3.07. The van der Waals surface area contributed by atoms with Crippen LogP contribution < -0.4 is 5.73 Å². The molecule has 1 aromatic heterocycles. The van der Waals surface area contributed by atoms with Crippen LogP contribution in [0.1, 0.15) is 27.0 Å². The summed E-state index contributed by atoms with van der Waals surface area (Å²) in [5.41, 5.74) is 8.31. The third-order valence-electron chi connectivity index (χ3n) is 3.07. The number of nitrogens with two attached hydrogens (primary N) is 1. The SMILES string of the molecule is COC(=O)c1ccc(CCc2coc(N)c2C#N)cc1. The molecule has 2 aromatic rings. The highest BCUT2D eigenvalue weighted by atomic mass is 16.5. The molecular weight excluding hydrogens is 256 g/mol. The zero-order chi connectivity index (χ0) is 14.5. The number of nitrogens with zero attached hydrogens (tertiary/aromatic N) is 1. The molecule has 0 radical (unpaired) electrons. The van der Waals surface area contributed by atoms with Gasteiger partial charge in [0.25, 0.3) is 0 Å². The van der Waals surface area contributed by atoms with E-state index < -0.39 is 0 Å². The van der Waals surface area contributed by atoms with Gasteiger partial charge in [0.05, 0.1) is 18.9 Å². The zero-order valence-corrected chi connectivity index (χ0v) is 11.1. The number of ether oxygens (including phenoxy) is 1. The van der Waals surface area contributed by atoms with Crippen molar-refractivity contribution in [3.63, 3.8) is 0 Å². The van der Waals surface area contributed by atoms with Gasteiger partial charge < -0.3 is 14.9 Å². The summed E-state index contributed by atoms with van der Waals surface area (Å²) in [4.78, 5) is 11.3. The molecule has 5 heteroatoms. The van der Waals surface area contributed by atoms with E-state index in [1.807, 2.05) is 18.2 Å². The van der Waals surface area contributed by atoms with Gasteiger partial charge in [0, 0.05) is 5.56 Å². The Morgan fingerprint density at radius 1 is 1.35 bits per heavy atom. The number of methoxy groups -OCH3 is 1. The standard InChI is InChI=1S/C15H14N2O3/c1-19-15(18)11-5-2-10(3-6-11)4-7-12-9-20-14(17)13(12)8-16/h2-3,5-6,9H,4,7,17H2,1H3. The van der Waals surface area contributed by atoms with Crippen molar-refractivity contribution in [3.05, 3.63) is 52.8 Å². The van der Waals surface area contributed by atoms with Crippen molar-refractivity contribution in [2.45, 2.75) is 12.8 Å². The first-order chi connectivity index (χ1) is 9.65. The smallest absolute Gasteiger partial charge is 0.337 e. The van der Waals surface area contributed by atoms with E-state index in [4.69, 9.17) is 15.4 Å². The molecule has 0 unspecified atom stereocenters. The number of hydrogen-bond donors (Lipinski definition) is 1. The number of benzene rings is 1. The van der Waals surface area contributed by atoms with Crippen LogP contribution in [0.5, 0.6) is 0 Å². The maximum atomic E-state index is 11.3. The first kappa shape index (κ1) is 13.7. The number of aryl methyl sites for hydroxylation is 2. The summed E-state index contributed by atoms with van der Waals surface area (Å²) in [5.74, 6) is -0.200. The van der Waals surface area contributed by atoms with Gasteiger partial charge in [-0.25, -0.2) is 4.79 Å². The van der Waals surface area contributed by atoms with E-state index in [0.29, 0.717) is 17.5 Å². The van der Waals surface area contributed by atoms with Gasteiger partial charge >= 0.3 is 5.97 Å². The highest BCUT2D eigenvalue weighted by Crippen LogP contribution is 2.20. The summed E-state index contributed by atoms with van der Waals surface area (Å²) in [6, 6.07) is 9.19. The summed E-state index contributed by atoms with van der Waals surface area (Å²) in [7, 11) is 1.35. The molecule has 0 aliphatic carbocycles. The van der Waals surface area contributed by atoms with Crippen molar-refractivity contribution in [3.8, 4) is 6.07 Å². The molecule has 1 aromatic carbocycles. The molecule has 20 heavy (non-hydrogen) atoms. The molecule has 0 bridgehead atoms. The highest BCUT2D eigenvalue weighted by molar-refractivity contribution is 5.89. The molecule has 0 atom stereocenters. The van der Waals surface area contributed by atoms with Crippen LogP contribution in [0.2, 0.25) is 0 Å². The minimum absolute atomic E-state index is 0.156. The Morgan fingerprint density at radius 2 is 2.05 bits per heavy atom. The summed E-state index contributed by atoms with van der Waals surface area (Å²) >= 11 is 0. The van der Waals surface area contributed by atoms with E-state index in [-0.39, 0.29) is 11.9 Å². The molecule has 5 nitrogen and oxygen atoms in total. The molecule has 2 rings (SSSR count). The Hall–Kier alpha value is -2.74. The number of nitriles is 1. The number of carbonyl (C=O) groups excluding carboxylic acids is 1. The first-order valence-electron chi connectivity index (χ1n) is 6.09. The van der Waals surface area contributed by atoms with E-state index in [1.54, 1.807) is 12.1 Å². The van der Waals surface area contributed by atoms with Crippen LogP contribution >= 0.6 is 0 Å². The average Bonchev–Trinajstić information content (AvgIpc) is 2.85. The number of esters is 1. The lowest BCUT2D eigenvalue weighted by Gasteiger charge is -2.02. The molecular formula is C15H14N2O3. The fourth-order valence-corrected chi connectivity index (χ4v) is 1.93. The van der Waals surface area contributed by atoms with Crippen molar-refractivity contribution in [1.29, 1.82) is 5.26 Å². The number of anilines is 1. The van der Waals surface area contributed by atoms with Gasteiger partial charge in [0.2, 0.25) is 5.88 Å². The molecule has 1 heterocycles. The second-order valence-electron chi connectivity index (χ2n) is 4.30. The molecule has 0 aliphatic rings. The number of carbonyl (C=O) groups is 1. The van der Waals surface area contributed by atoms with E-state index >= 15 is 0 Å². The quantitative estimate of drug-likeness (QED) is 0.861.